The van der Waals surface area contributed by atoms with Crippen LogP contribution < -0.4 is 5.32 Å². The fourth-order valence-corrected chi connectivity index (χ4v) is 3.12. The lowest BCUT2D eigenvalue weighted by Gasteiger charge is -2.26. The fourth-order valence-electron chi connectivity index (χ4n) is 3.12. The number of aryl methyl sites for hydroxylation is 2. The minimum Gasteiger partial charge on any atom is -0.370 e. The lowest BCUT2D eigenvalue weighted by Crippen LogP contribution is -2.24. The highest BCUT2D eigenvalue weighted by Gasteiger charge is 2.25. The van der Waals surface area contributed by atoms with Gasteiger partial charge in [-0.25, -0.2) is 9.67 Å². The van der Waals surface area contributed by atoms with Gasteiger partial charge in [-0.2, -0.15) is 0 Å². The third-order valence-corrected chi connectivity index (χ3v) is 4.13. The van der Waals surface area contributed by atoms with Gasteiger partial charge in [0.25, 0.3) is 0 Å². The van der Waals surface area contributed by atoms with Crippen molar-refractivity contribution in [3.63, 3.8) is 0 Å². The summed E-state index contributed by atoms with van der Waals surface area (Å²) >= 11 is 0. The standard InChI is InChI=1S/C17H18N4/c1-11-4-3-5-13(10-11)15-8-9-18-17-14-7-6-12(2)19-16(14)20-21(15)17/h3-7,10,15,18H,8-9H2,1-2H3. The summed E-state index contributed by atoms with van der Waals surface area (Å²) in [6.07, 6.45) is 1.05. The van der Waals surface area contributed by atoms with Crippen LogP contribution in [0.5, 0.6) is 0 Å². The number of anilines is 1. The Morgan fingerprint density at radius 1 is 1.19 bits per heavy atom. The summed E-state index contributed by atoms with van der Waals surface area (Å²) in [5, 5.41) is 9.33. The summed E-state index contributed by atoms with van der Waals surface area (Å²) in [5.41, 5.74) is 4.45. The van der Waals surface area contributed by atoms with E-state index < -0.39 is 0 Å². The van der Waals surface area contributed by atoms with E-state index >= 15 is 0 Å². The van der Waals surface area contributed by atoms with Crippen molar-refractivity contribution in [3.05, 3.63) is 53.2 Å². The number of aromatic nitrogens is 3. The first kappa shape index (κ1) is 12.4. The zero-order valence-corrected chi connectivity index (χ0v) is 12.3. The van der Waals surface area contributed by atoms with Gasteiger partial charge in [0.05, 0.1) is 11.4 Å². The van der Waals surface area contributed by atoms with Crippen LogP contribution in [0.2, 0.25) is 0 Å². The van der Waals surface area contributed by atoms with E-state index in [-0.39, 0.29) is 6.04 Å². The molecule has 0 saturated carbocycles. The topological polar surface area (TPSA) is 42.7 Å². The van der Waals surface area contributed by atoms with Gasteiger partial charge in [-0.05, 0) is 38.0 Å². The van der Waals surface area contributed by atoms with Gasteiger partial charge in [0.1, 0.15) is 5.82 Å². The molecule has 4 rings (SSSR count). The zero-order chi connectivity index (χ0) is 14.4. The number of nitrogens with one attached hydrogen (secondary N) is 1. The molecule has 3 heterocycles. The highest BCUT2D eigenvalue weighted by molar-refractivity contribution is 5.88. The first-order valence-electron chi connectivity index (χ1n) is 7.39. The number of benzene rings is 1. The van der Waals surface area contributed by atoms with Crippen LogP contribution in [0.25, 0.3) is 11.0 Å². The third-order valence-electron chi connectivity index (χ3n) is 4.13. The number of fused-ring (bicyclic) bond motifs is 3. The van der Waals surface area contributed by atoms with Crippen LogP contribution in [-0.4, -0.2) is 21.3 Å². The van der Waals surface area contributed by atoms with Crippen LogP contribution in [-0.2, 0) is 0 Å². The van der Waals surface area contributed by atoms with Crippen molar-refractivity contribution in [1.29, 1.82) is 0 Å². The molecule has 21 heavy (non-hydrogen) atoms. The normalized spacial score (nSPS) is 17.5. The van der Waals surface area contributed by atoms with Crippen molar-refractivity contribution >= 4 is 16.9 Å². The first-order valence-corrected chi connectivity index (χ1v) is 7.39. The van der Waals surface area contributed by atoms with Gasteiger partial charge in [0.15, 0.2) is 5.65 Å². The van der Waals surface area contributed by atoms with Crippen molar-refractivity contribution in [2.24, 2.45) is 0 Å². The molecule has 4 heteroatoms. The lowest BCUT2D eigenvalue weighted by atomic mass is 10.0. The Bertz CT molecular complexity index is 819. The molecule has 2 aromatic heterocycles. The molecule has 1 unspecified atom stereocenters. The van der Waals surface area contributed by atoms with Gasteiger partial charge in [-0.15, -0.1) is 5.10 Å². The van der Waals surface area contributed by atoms with E-state index in [0.717, 1.165) is 35.5 Å². The van der Waals surface area contributed by atoms with Gasteiger partial charge in [0, 0.05) is 12.2 Å². The van der Waals surface area contributed by atoms with Crippen molar-refractivity contribution in [1.82, 2.24) is 14.8 Å². The van der Waals surface area contributed by atoms with E-state index in [4.69, 9.17) is 5.10 Å². The molecule has 0 aliphatic carbocycles. The molecule has 0 bridgehead atoms. The second kappa shape index (κ2) is 4.58. The maximum Gasteiger partial charge on any atom is 0.183 e. The Balaban J connectivity index is 1.90. The van der Waals surface area contributed by atoms with E-state index in [2.05, 4.69) is 52.2 Å². The predicted octanol–water partition coefficient (Wildman–Crippen LogP) is 3.45. The van der Waals surface area contributed by atoms with E-state index in [1.807, 2.05) is 13.0 Å². The molecule has 1 N–H and O–H groups in total. The SMILES string of the molecule is Cc1cccc(C2CCNc3c4ccc(C)nc4nn32)c1. The number of hydrogen-bond donors (Lipinski definition) is 1. The third kappa shape index (κ3) is 1.98. The molecule has 0 spiro atoms. The van der Waals surface area contributed by atoms with E-state index in [1.165, 1.54) is 11.1 Å². The summed E-state index contributed by atoms with van der Waals surface area (Å²) < 4.78 is 2.11. The number of pyridine rings is 1. The van der Waals surface area contributed by atoms with Crippen LogP contribution in [0.15, 0.2) is 36.4 Å². The highest BCUT2D eigenvalue weighted by atomic mass is 15.4. The molecule has 4 nitrogen and oxygen atoms in total. The summed E-state index contributed by atoms with van der Waals surface area (Å²) in [6, 6.07) is 13.2. The van der Waals surface area contributed by atoms with Gasteiger partial charge < -0.3 is 5.32 Å². The van der Waals surface area contributed by atoms with Crippen molar-refractivity contribution in [2.75, 3.05) is 11.9 Å². The van der Waals surface area contributed by atoms with Crippen LogP contribution in [0.4, 0.5) is 5.82 Å². The van der Waals surface area contributed by atoms with E-state index in [0.29, 0.717) is 0 Å². The number of hydrogen-bond acceptors (Lipinski definition) is 3. The van der Waals surface area contributed by atoms with Gasteiger partial charge in [-0.3, -0.25) is 0 Å². The highest BCUT2D eigenvalue weighted by Crippen LogP contribution is 2.34. The molecule has 0 fully saturated rings. The maximum atomic E-state index is 4.74. The lowest BCUT2D eigenvalue weighted by molar-refractivity contribution is 0.485. The second-order valence-corrected chi connectivity index (χ2v) is 5.76. The Morgan fingerprint density at radius 3 is 2.95 bits per heavy atom. The zero-order valence-electron chi connectivity index (χ0n) is 12.3. The molecule has 1 atom stereocenters. The monoisotopic (exact) mass is 278 g/mol. The van der Waals surface area contributed by atoms with E-state index in [9.17, 15) is 0 Å². The van der Waals surface area contributed by atoms with E-state index in [1.54, 1.807) is 0 Å². The van der Waals surface area contributed by atoms with Crippen LogP contribution in [0.3, 0.4) is 0 Å². The molecule has 0 radical (unpaired) electrons. The first-order chi connectivity index (χ1) is 10.2. The second-order valence-electron chi connectivity index (χ2n) is 5.76. The number of rotatable bonds is 1. The van der Waals surface area contributed by atoms with Crippen molar-refractivity contribution < 1.29 is 0 Å². The molecule has 1 aliphatic rings. The smallest absolute Gasteiger partial charge is 0.183 e. The Hall–Kier alpha value is -2.36. The van der Waals surface area contributed by atoms with Gasteiger partial charge in [0.2, 0.25) is 0 Å². The summed E-state index contributed by atoms with van der Waals surface area (Å²) in [4.78, 5) is 4.55. The molecular formula is C17H18N4. The van der Waals surface area contributed by atoms with Gasteiger partial charge >= 0.3 is 0 Å². The number of nitrogens with zero attached hydrogens (tertiary/aromatic N) is 3. The van der Waals surface area contributed by atoms with Gasteiger partial charge in [-0.1, -0.05) is 29.8 Å². The predicted molar refractivity (Wildman–Crippen MR) is 84.7 cm³/mol. The van der Waals surface area contributed by atoms with Crippen molar-refractivity contribution in [2.45, 2.75) is 26.3 Å². The Labute approximate surface area is 123 Å². The van der Waals surface area contributed by atoms with Crippen LogP contribution in [0, 0.1) is 13.8 Å². The average molecular weight is 278 g/mol. The summed E-state index contributed by atoms with van der Waals surface area (Å²) in [5.74, 6) is 1.09. The molecule has 106 valence electrons. The van der Waals surface area contributed by atoms with Crippen molar-refractivity contribution in [3.8, 4) is 0 Å². The minimum atomic E-state index is 0.288. The quantitative estimate of drug-likeness (QED) is 0.741. The maximum absolute atomic E-state index is 4.74. The molecule has 3 aromatic rings. The average Bonchev–Trinajstić information content (AvgIpc) is 2.84. The Kier molecular flexibility index (Phi) is 2.70. The summed E-state index contributed by atoms with van der Waals surface area (Å²) in [7, 11) is 0. The van der Waals surface area contributed by atoms with Crippen LogP contribution >= 0.6 is 0 Å². The summed E-state index contributed by atoms with van der Waals surface area (Å²) in [6.45, 7) is 5.10. The Morgan fingerprint density at radius 2 is 2.10 bits per heavy atom. The molecule has 1 aliphatic heterocycles. The molecule has 0 amide bonds. The molecule has 0 saturated heterocycles. The van der Waals surface area contributed by atoms with Crippen LogP contribution in [0.1, 0.15) is 29.3 Å². The minimum absolute atomic E-state index is 0.288. The molecule has 1 aromatic carbocycles. The largest absolute Gasteiger partial charge is 0.370 e. The fraction of sp³-hybridized carbons (Fsp3) is 0.294. The molecular weight excluding hydrogens is 260 g/mol.